The number of rotatable bonds is 8. The zero-order valence-corrected chi connectivity index (χ0v) is 15.1. The van der Waals surface area contributed by atoms with Gasteiger partial charge in [0.1, 0.15) is 11.6 Å². The third-order valence-corrected chi connectivity index (χ3v) is 3.87. The number of hydrogen-bond donors (Lipinski definition) is 2. The second-order valence-corrected chi connectivity index (χ2v) is 6.04. The Morgan fingerprint density at radius 3 is 2.56 bits per heavy atom. The van der Waals surface area contributed by atoms with Crippen molar-refractivity contribution in [2.75, 3.05) is 17.6 Å². The molecule has 1 heterocycles. The van der Waals surface area contributed by atoms with Gasteiger partial charge in [0.15, 0.2) is 0 Å². The second kappa shape index (κ2) is 9.01. The molecule has 0 amide bonds. The van der Waals surface area contributed by atoms with Gasteiger partial charge >= 0.3 is 5.97 Å². The molecular formula is C19H26N4O2. The highest BCUT2D eigenvalue weighted by atomic mass is 16.5. The number of carbonyl (C=O) groups excluding carboxylic acids is 1. The van der Waals surface area contributed by atoms with Crippen LogP contribution in [0, 0.1) is 6.92 Å². The molecule has 0 saturated heterocycles. The summed E-state index contributed by atoms with van der Waals surface area (Å²) in [5.41, 5.74) is 8.80. The summed E-state index contributed by atoms with van der Waals surface area (Å²) in [6.45, 7) is 6.37. The first kappa shape index (κ1) is 18.7. The van der Waals surface area contributed by atoms with Crippen molar-refractivity contribution in [3.8, 4) is 5.75 Å². The molecule has 2 rings (SSSR count). The molecule has 0 fully saturated rings. The Bertz CT molecular complexity index is 714. The maximum Gasteiger partial charge on any atom is 0.308 e. The minimum absolute atomic E-state index is 0.282. The van der Waals surface area contributed by atoms with Gasteiger partial charge in [0.2, 0.25) is 5.95 Å². The van der Waals surface area contributed by atoms with Crippen LogP contribution in [0.5, 0.6) is 5.75 Å². The number of nitrogens with two attached hydrogens (primary N) is 1. The fraction of sp³-hybridized carbons (Fsp3) is 0.421. The third kappa shape index (κ3) is 5.74. The fourth-order valence-corrected chi connectivity index (χ4v) is 2.60. The quantitative estimate of drug-likeness (QED) is 0.433. The predicted molar refractivity (Wildman–Crippen MR) is 99.8 cm³/mol. The van der Waals surface area contributed by atoms with E-state index in [-0.39, 0.29) is 11.9 Å². The molecule has 134 valence electrons. The summed E-state index contributed by atoms with van der Waals surface area (Å²) in [5.74, 6) is 1.29. The number of aromatic nitrogens is 2. The van der Waals surface area contributed by atoms with Crippen molar-refractivity contribution in [1.29, 1.82) is 0 Å². The topological polar surface area (TPSA) is 90.1 Å². The first-order valence-corrected chi connectivity index (χ1v) is 8.63. The molecular weight excluding hydrogens is 316 g/mol. The number of esters is 1. The lowest BCUT2D eigenvalue weighted by atomic mass is 10.0. The van der Waals surface area contributed by atoms with Crippen LogP contribution in [-0.2, 0) is 11.2 Å². The maximum absolute atomic E-state index is 11.0. The van der Waals surface area contributed by atoms with Gasteiger partial charge in [0.05, 0.1) is 0 Å². The van der Waals surface area contributed by atoms with Crippen molar-refractivity contribution in [1.82, 2.24) is 9.97 Å². The number of hydrogen-bond acceptors (Lipinski definition) is 6. The van der Waals surface area contributed by atoms with E-state index in [1.165, 1.54) is 19.8 Å². The zero-order chi connectivity index (χ0) is 18.2. The van der Waals surface area contributed by atoms with Crippen LogP contribution in [0.3, 0.4) is 0 Å². The zero-order valence-electron chi connectivity index (χ0n) is 15.1. The van der Waals surface area contributed by atoms with E-state index in [1.807, 2.05) is 19.1 Å². The van der Waals surface area contributed by atoms with Crippen LogP contribution in [0.15, 0.2) is 24.3 Å². The highest BCUT2D eigenvalue weighted by molar-refractivity contribution is 5.69. The van der Waals surface area contributed by atoms with E-state index in [9.17, 15) is 4.79 Å². The average Bonchev–Trinajstić information content (AvgIpc) is 2.55. The van der Waals surface area contributed by atoms with Crippen LogP contribution >= 0.6 is 0 Å². The van der Waals surface area contributed by atoms with Crippen molar-refractivity contribution < 1.29 is 9.53 Å². The van der Waals surface area contributed by atoms with Gasteiger partial charge in [-0.15, -0.1) is 0 Å². The Kier molecular flexibility index (Phi) is 6.74. The van der Waals surface area contributed by atoms with Crippen LogP contribution < -0.4 is 15.8 Å². The van der Waals surface area contributed by atoms with Crippen LogP contribution in [0.1, 0.15) is 49.9 Å². The summed E-state index contributed by atoms with van der Waals surface area (Å²) < 4.78 is 5.07. The van der Waals surface area contributed by atoms with Gasteiger partial charge in [-0.2, -0.15) is 4.98 Å². The van der Waals surface area contributed by atoms with Crippen molar-refractivity contribution >= 4 is 17.7 Å². The largest absolute Gasteiger partial charge is 0.427 e. The Morgan fingerprint density at radius 2 is 1.92 bits per heavy atom. The lowest BCUT2D eigenvalue weighted by molar-refractivity contribution is -0.131. The van der Waals surface area contributed by atoms with Gasteiger partial charge in [0.25, 0.3) is 0 Å². The van der Waals surface area contributed by atoms with E-state index in [0.717, 1.165) is 35.6 Å². The number of nitrogens with one attached hydrogen (secondary N) is 1. The molecule has 1 aromatic heterocycles. The second-order valence-electron chi connectivity index (χ2n) is 6.04. The number of nitrogen functional groups attached to an aromatic ring is 1. The number of benzene rings is 1. The van der Waals surface area contributed by atoms with Gasteiger partial charge in [0, 0.05) is 31.1 Å². The molecule has 0 aliphatic heterocycles. The van der Waals surface area contributed by atoms with E-state index >= 15 is 0 Å². The number of carbonyl (C=O) groups is 1. The first-order chi connectivity index (χ1) is 12.0. The summed E-state index contributed by atoms with van der Waals surface area (Å²) in [5, 5.41) is 3.39. The maximum atomic E-state index is 11.0. The molecule has 3 N–H and O–H groups in total. The molecule has 0 atom stereocenters. The summed E-state index contributed by atoms with van der Waals surface area (Å²) in [4.78, 5) is 19.7. The summed E-state index contributed by atoms with van der Waals surface area (Å²) in [6.07, 6.45) is 4.13. The number of ether oxygens (including phenoxy) is 1. The lowest BCUT2D eigenvalue weighted by Gasteiger charge is -2.14. The van der Waals surface area contributed by atoms with E-state index in [4.69, 9.17) is 10.5 Å². The van der Waals surface area contributed by atoms with Crippen molar-refractivity contribution in [3.05, 3.63) is 41.1 Å². The molecule has 0 aliphatic carbocycles. The molecule has 6 heteroatoms. The standard InChI is InChI=1S/C19H26N4O2/c1-4-5-6-11-21-18-17(13(2)22-19(20)23-18)12-15-7-9-16(10-8-15)25-14(3)24/h7-10H,4-6,11-12H2,1-3H3,(H3,20,21,22,23). The van der Waals surface area contributed by atoms with Crippen LogP contribution in [-0.4, -0.2) is 22.5 Å². The molecule has 2 aromatic rings. The molecule has 0 unspecified atom stereocenters. The lowest BCUT2D eigenvalue weighted by Crippen LogP contribution is -2.11. The highest BCUT2D eigenvalue weighted by Gasteiger charge is 2.11. The minimum Gasteiger partial charge on any atom is -0.427 e. The summed E-state index contributed by atoms with van der Waals surface area (Å²) >= 11 is 0. The van der Waals surface area contributed by atoms with Gasteiger partial charge in [-0.05, 0) is 31.0 Å². The highest BCUT2D eigenvalue weighted by Crippen LogP contribution is 2.22. The fourth-order valence-electron chi connectivity index (χ4n) is 2.60. The van der Waals surface area contributed by atoms with Gasteiger partial charge in [-0.3, -0.25) is 4.79 Å². The van der Waals surface area contributed by atoms with E-state index in [0.29, 0.717) is 12.2 Å². The SMILES string of the molecule is CCCCCNc1nc(N)nc(C)c1Cc1ccc(OC(C)=O)cc1. The molecule has 0 aliphatic rings. The van der Waals surface area contributed by atoms with Crippen molar-refractivity contribution in [2.24, 2.45) is 0 Å². The predicted octanol–water partition coefficient (Wildman–Crippen LogP) is 3.49. The molecule has 0 spiro atoms. The van der Waals surface area contributed by atoms with E-state index in [1.54, 1.807) is 12.1 Å². The summed E-state index contributed by atoms with van der Waals surface area (Å²) in [7, 11) is 0. The van der Waals surface area contributed by atoms with Crippen molar-refractivity contribution in [2.45, 2.75) is 46.5 Å². The number of nitrogens with zero attached hydrogens (tertiary/aromatic N) is 2. The molecule has 1 aromatic carbocycles. The normalized spacial score (nSPS) is 10.5. The Hall–Kier alpha value is -2.63. The van der Waals surface area contributed by atoms with Crippen LogP contribution in [0.4, 0.5) is 11.8 Å². The van der Waals surface area contributed by atoms with Crippen LogP contribution in [0.2, 0.25) is 0 Å². The van der Waals surface area contributed by atoms with Crippen LogP contribution in [0.25, 0.3) is 0 Å². The monoisotopic (exact) mass is 342 g/mol. The van der Waals surface area contributed by atoms with Gasteiger partial charge < -0.3 is 15.8 Å². The molecule has 25 heavy (non-hydrogen) atoms. The molecule has 0 radical (unpaired) electrons. The Labute approximate surface area is 148 Å². The first-order valence-electron chi connectivity index (χ1n) is 8.63. The van der Waals surface area contributed by atoms with E-state index < -0.39 is 0 Å². The van der Waals surface area contributed by atoms with Crippen molar-refractivity contribution in [3.63, 3.8) is 0 Å². The minimum atomic E-state index is -0.325. The molecule has 6 nitrogen and oxygen atoms in total. The Balaban J connectivity index is 2.15. The molecule has 0 bridgehead atoms. The smallest absolute Gasteiger partial charge is 0.308 e. The number of anilines is 2. The van der Waals surface area contributed by atoms with E-state index in [2.05, 4.69) is 22.2 Å². The molecule has 0 saturated carbocycles. The average molecular weight is 342 g/mol. The number of unbranched alkanes of at least 4 members (excludes halogenated alkanes) is 2. The number of aryl methyl sites for hydroxylation is 1. The van der Waals surface area contributed by atoms with Gasteiger partial charge in [-0.1, -0.05) is 31.9 Å². The Morgan fingerprint density at radius 1 is 1.20 bits per heavy atom. The third-order valence-electron chi connectivity index (χ3n) is 3.87. The van der Waals surface area contributed by atoms with Gasteiger partial charge in [-0.25, -0.2) is 4.98 Å². The summed E-state index contributed by atoms with van der Waals surface area (Å²) in [6, 6.07) is 7.46.